The summed E-state index contributed by atoms with van der Waals surface area (Å²) in [7, 11) is 1.30. The van der Waals surface area contributed by atoms with Crippen molar-refractivity contribution in [3.63, 3.8) is 0 Å². The first kappa shape index (κ1) is 17.8. The van der Waals surface area contributed by atoms with Crippen LogP contribution in [-0.4, -0.2) is 25.6 Å². The van der Waals surface area contributed by atoms with Crippen molar-refractivity contribution in [3.05, 3.63) is 65.2 Å². The van der Waals surface area contributed by atoms with Gasteiger partial charge in [-0.3, -0.25) is 9.59 Å². The zero-order chi connectivity index (χ0) is 17.4. The SMILES string of the molecule is COC(=O)CC(NC(=O)COc1ccccc1)c1ccccc1Cl. The van der Waals surface area contributed by atoms with Crippen LogP contribution < -0.4 is 10.1 Å². The molecule has 5 nitrogen and oxygen atoms in total. The fourth-order valence-electron chi connectivity index (χ4n) is 2.15. The van der Waals surface area contributed by atoms with E-state index in [2.05, 4.69) is 10.1 Å². The zero-order valence-corrected chi connectivity index (χ0v) is 14.0. The van der Waals surface area contributed by atoms with Gasteiger partial charge < -0.3 is 14.8 Å². The number of carbonyl (C=O) groups excluding carboxylic acids is 2. The van der Waals surface area contributed by atoms with E-state index in [1.165, 1.54) is 7.11 Å². The van der Waals surface area contributed by atoms with Crippen molar-refractivity contribution in [1.29, 1.82) is 0 Å². The Hall–Kier alpha value is -2.53. The van der Waals surface area contributed by atoms with Crippen LogP contribution in [0.4, 0.5) is 0 Å². The second kappa shape index (κ2) is 8.93. The molecule has 1 N–H and O–H groups in total. The summed E-state index contributed by atoms with van der Waals surface area (Å²) in [6.45, 7) is -0.161. The summed E-state index contributed by atoms with van der Waals surface area (Å²) in [4.78, 5) is 23.8. The smallest absolute Gasteiger partial charge is 0.307 e. The molecular formula is C18H18ClNO4. The summed E-state index contributed by atoms with van der Waals surface area (Å²) in [5.74, 6) is -0.202. The van der Waals surface area contributed by atoms with Crippen LogP contribution in [0.1, 0.15) is 18.0 Å². The van der Waals surface area contributed by atoms with Crippen LogP contribution in [0.15, 0.2) is 54.6 Å². The standard InChI is InChI=1S/C18H18ClNO4/c1-23-18(22)11-16(14-9-5-6-10-15(14)19)20-17(21)12-24-13-7-3-2-4-8-13/h2-10,16H,11-12H2,1H3,(H,20,21). The summed E-state index contributed by atoms with van der Waals surface area (Å²) in [6.07, 6.45) is -0.0166. The molecule has 1 amide bonds. The third-order valence-corrected chi connectivity index (χ3v) is 3.67. The minimum Gasteiger partial charge on any atom is -0.484 e. The van der Waals surface area contributed by atoms with E-state index in [1.54, 1.807) is 36.4 Å². The number of ether oxygens (including phenoxy) is 2. The molecule has 1 unspecified atom stereocenters. The second-order valence-electron chi connectivity index (χ2n) is 5.02. The highest BCUT2D eigenvalue weighted by Gasteiger charge is 2.21. The highest BCUT2D eigenvalue weighted by molar-refractivity contribution is 6.31. The number of methoxy groups -OCH3 is 1. The van der Waals surface area contributed by atoms with E-state index in [0.29, 0.717) is 16.3 Å². The third-order valence-electron chi connectivity index (χ3n) is 3.33. The fraction of sp³-hybridized carbons (Fsp3) is 0.222. The highest BCUT2D eigenvalue weighted by Crippen LogP contribution is 2.25. The van der Waals surface area contributed by atoms with E-state index < -0.39 is 12.0 Å². The number of para-hydroxylation sites is 1. The Balaban J connectivity index is 2.03. The van der Waals surface area contributed by atoms with E-state index in [4.69, 9.17) is 16.3 Å². The Bertz CT molecular complexity index is 690. The van der Waals surface area contributed by atoms with Crippen LogP contribution >= 0.6 is 11.6 Å². The Morgan fingerprint density at radius 3 is 2.42 bits per heavy atom. The Morgan fingerprint density at radius 1 is 1.08 bits per heavy atom. The molecule has 1 atom stereocenters. The van der Waals surface area contributed by atoms with Gasteiger partial charge in [-0.2, -0.15) is 0 Å². The lowest BCUT2D eigenvalue weighted by atomic mass is 10.0. The number of amides is 1. The lowest BCUT2D eigenvalue weighted by Gasteiger charge is -2.19. The van der Waals surface area contributed by atoms with E-state index in [1.807, 2.05) is 18.2 Å². The van der Waals surface area contributed by atoms with Gasteiger partial charge in [-0.1, -0.05) is 48.0 Å². The molecule has 24 heavy (non-hydrogen) atoms. The van der Waals surface area contributed by atoms with Crippen LogP contribution in [0, 0.1) is 0 Å². The van der Waals surface area contributed by atoms with Gasteiger partial charge in [-0.05, 0) is 23.8 Å². The first-order valence-corrected chi connectivity index (χ1v) is 7.76. The molecule has 0 saturated carbocycles. The lowest BCUT2D eigenvalue weighted by Crippen LogP contribution is -2.34. The van der Waals surface area contributed by atoms with Crippen molar-refractivity contribution in [2.24, 2.45) is 0 Å². The van der Waals surface area contributed by atoms with E-state index in [-0.39, 0.29) is 18.9 Å². The van der Waals surface area contributed by atoms with E-state index in [0.717, 1.165) is 0 Å². The number of hydrogen-bond donors (Lipinski definition) is 1. The van der Waals surface area contributed by atoms with Crippen molar-refractivity contribution in [2.45, 2.75) is 12.5 Å². The zero-order valence-electron chi connectivity index (χ0n) is 13.2. The molecule has 0 aliphatic rings. The van der Waals surface area contributed by atoms with Gasteiger partial charge in [0.05, 0.1) is 19.6 Å². The Morgan fingerprint density at radius 2 is 1.75 bits per heavy atom. The average molecular weight is 348 g/mol. The molecule has 0 aromatic heterocycles. The number of rotatable bonds is 7. The molecule has 0 spiro atoms. The molecule has 2 aromatic rings. The lowest BCUT2D eigenvalue weighted by molar-refractivity contribution is -0.141. The predicted octanol–water partition coefficient (Wildman–Crippen LogP) is 3.14. The van der Waals surface area contributed by atoms with Crippen LogP contribution in [0.2, 0.25) is 5.02 Å². The van der Waals surface area contributed by atoms with Gasteiger partial charge in [0.25, 0.3) is 5.91 Å². The number of nitrogens with one attached hydrogen (secondary N) is 1. The summed E-state index contributed by atoms with van der Waals surface area (Å²) in [5, 5.41) is 3.23. The van der Waals surface area contributed by atoms with Gasteiger partial charge in [0.1, 0.15) is 5.75 Å². The first-order chi connectivity index (χ1) is 11.6. The molecule has 0 fully saturated rings. The highest BCUT2D eigenvalue weighted by atomic mass is 35.5. The monoisotopic (exact) mass is 347 g/mol. The largest absolute Gasteiger partial charge is 0.484 e. The van der Waals surface area contributed by atoms with Crippen LogP contribution in [0.25, 0.3) is 0 Å². The van der Waals surface area contributed by atoms with Gasteiger partial charge in [-0.15, -0.1) is 0 Å². The number of benzene rings is 2. The van der Waals surface area contributed by atoms with Crippen molar-refractivity contribution < 1.29 is 19.1 Å². The molecule has 0 saturated heterocycles. The minimum atomic E-state index is -0.585. The molecule has 0 aliphatic carbocycles. The number of halogens is 1. The van der Waals surface area contributed by atoms with Crippen LogP contribution in [0.3, 0.4) is 0 Å². The molecular weight excluding hydrogens is 330 g/mol. The van der Waals surface area contributed by atoms with Crippen LogP contribution in [-0.2, 0) is 14.3 Å². The molecule has 2 rings (SSSR count). The van der Waals surface area contributed by atoms with Gasteiger partial charge >= 0.3 is 5.97 Å². The van der Waals surface area contributed by atoms with Gasteiger partial charge in [-0.25, -0.2) is 0 Å². The maximum Gasteiger partial charge on any atom is 0.307 e. The second-order valence-corrected chi connectivity index (χ2v) is 5.43. The first-order valence-electron chi connectivity index (χ1n) is 7.38. The minimum absolute atomic E-state index is 0.0166. The third kappa shape index (κ3) is 5.28. The average Bonchev–Trinajstić information content (AvgIpc) is 2.60. The number of hydrogen-bond acceptors (Lipinski definition) is 4. The molecule has 126 valence electrons. The predicted molar refractivity (Wildman–Crippen MR) is 90.9 cm³/mol. The van der Waals surface area contributed by atoms with E-state index in [9.17, 15) is 9.59 Å². The van der Waals surface area contributed by atoms with Crippen molar-refractivity contribution in [3.8, 4) is 5.75 Å². The normalized spacial score (nSPS) is 11.4. The van der Waals surface area contributed by atoms with E-state index >= 15 is 0 Å². The molecule has 0 aliphatic heterocycles. The number of carbonyl (C=O) groups is 2. The van der Waals surface area contributed by atoms with Gasteiger partial charge in [0, 0.05) is 5.02 Å². The van der Waals surface area contributed by atoms with Crippen molar-refractivity contribution >= 4 is 23.5 Å². The van der Waals surface area contributed by atoms with Gasteiger partial charge in [0.15, 0.2) is 6.61 Å². The van der Waals surface area contributed by atoms with Crippen LogP contribution in [0.5, 0.6) is 5.75 Å². The summed E-state index contributed by atoms with van der Waals surface area (Å²) < 4.78 is 10.1. The maximum absolute atomic E-state index is 12.1. The van der Waals surface area contributed by atoms with Crippen molar-refractivity contribution in [1.82, 2.24) is 5.32 Å². The van der Waals surface area contributed by atoms with Gasteiger partial charge in [0.2, 0.25) is 0 Å². The summed E-state index contributed by atoms with van der Waals surface area (Å²) in [6, 6.07) is 15.4. The Labute approximate surface area is 145 Å². The van der Waals surface area contributed by atoms with Crippen molar-refractivity contribution in [2.75, 3.05) is 13.7 Å². The summed E-state index contributed by atoms with van der Waals surface area (Å²) in [5.41, 5.74) is 0.651. The maximum atomic E-state index is 12.1. The number of esters is 1. The summed E-state index contributed by atoms with van der Waals surface area (Å²) >= 11 is 6.17. The quantitative estimate of drug-likeness (QED) is 0.781. The molecule has 6 heteroatoms. The fourth-order valence-corrected chi connectivity index (χ4v) is 2.42. The Kier molecular flexibility index (Phi) is 6.63. The molecule has 0 bridgehead atoms. The topological polar surface area (TPSA) is 64.6 Å². The molecule has 0 radical (unpaired) electrons. The molecule has 2 aromatic carbocycles. The molecule has 0 heterocycles.